The van der Waals surface area contributed by atoms with Gasteiger partial charge in [0.2, 0.25) is 0 Å². The molecule has 0 spiro atoms. The average molecular weight is 309 g/mol. The molecule has 2 aromatic rings. The second kappa shape index (κ2) is 6.89. The molecule has 1 aliphatic heterocycles. The van der Waals surface area contributed by atoms with Gasteiger partial charge in [-0.1, -0.05) is 31.2 Å². The average Bonchev–Trinajstić information content (AvgIpc) is 2.74. The minimum Gasteiger partial charge on any atom is -0.355 e. The summed E-state index contributed by atoms with van der Waals surface area (Å²) >= 11 is 0. The summed E-state index contributed by atoms with van der Waals surface area (Å²) in [6, 6.07) is 6.42. The van der Waals surface area contributed by atoms with E-state index in [1.807, 2.05) is 12.4 Å². The van der Waals surface area contributed by atoms with Crippen LogP contribution < -0.4 is 16.4 Å². The lowest BCUT2D eigenvalue weighted by Gasteiger charge is -2.30. The van der Waals surface area contributed by atoms with E-state index in [0.717, 1.165) is 30.5 Å². The largest absolute Gasteiger partial charge is 0.355 e. The van der Waals surface area contributed by atoms with E-state index in [9.17, 15) is 0 Å². The molecule has 1 unspecified atom stereocenters. The van der Waals surface area contributed by atoms with Gasteiger partial charge in [0.05, 0.1) is 12.7 Å². The minimum atomic E-state index is 0.0126. The minimum absolute atomic E-state index is 0.0126. The van der Waals surface area contributed by atoms with Gasteiger partial charge in [-0.15, -0.1) is 0 Å². The summed E-state index contributed by atoms with van der Waals surface area (Å²) in [7, 11) is 0. The Bertz CT molecular complexity index is 693. The third-order valence-electron chi connectivity index (χ3n) is 4.10. The van der Waals surface area contributed by atoms with Crippen LogP contribution in [0.5, 0.6) is 0 Å². The van der Waals surface area contributed by atoms with Crippen molar-refractivity contribution in [2.45, 2.75) is 32.5 Å². The zero-order valence-corrected chi connectivity index (χ0v) is 13.4. The molecule has 2 heterocycles. The molecule has 1 aromatic heterocycles. The van der Waals surface area contributed by atoms with Crippen LogP contribution in [0.1, 0.15) is 31.2 Å². The van der Waals surface area contributed by atoms with Crippen LogP contribution in [0.2, 0.25) is 0 Å². The molecule has 3 rings (SSSR count). The smallest absolute Gasteiger partial charge is 0.141 e. The maximum absolute atomic E-state index is 6.34. The summed E-state index contributed by atoms with van der Waals surface area (Å²) in [6.45, 7) is 3.48. The zero-order chi connectivity index (χ0) is 16.2. The van der Waals surface area contributed by atoms with Crippen LogP contribution in [0.25, 0.3) is 17.2 Å². The van der Waals surface area contributed by atoms with Gasteiger partial charge < -0.3 is 16.4 Å². The van der Waals surface area contributed by atoms with Gasteiger partial charge in [0.25, 0.3) is 0 Å². The Hall–Kier alpha value is -2.24. The Morgan fingerprint density at radius 1 is 1.22 bits per heavy atom. The van der Waals surface area contributed by atoms with Gasteiger partial charge in [-0.3, -0.25) is 0 Å². The van der Waals surface area contributed by atoms with Crippen LogP contribution >= 0.6 is 0 Å². The highest BCUT2D eigenvalue weighted by atomic mass is 15.2. The van der Waals surface area contributed by atoms with Gasteiger partial charge in [-0.25, -0.2) is 9.97 Å². The number of fused-ring (bicyclic) bond motifs is 1. The van der Waals surface area contributed by atoms with E-state index in [1.165, 1.54) is 11.3 Å². The standard InChI is InChI=1S/C18H23N5/c1-2-8-23-16-9-14(15-11-21-18(10-19)22-12-15)7-6-13(16)4-3-5-17(23)20/h3-4,6-7,9,11-12,17H,2,5,8,10,19-20H2,1H3. The van der Waals surface area contributed by atoms with Crippen molar-refractivity contribution >= 4 is 11.8 Å². The first-order chi connectivity index (χ1) is 11.2. The van der Waals surface area contributed by atoms with E-state index in [4.69, 9.17) is 11.5 Å². The van der Waals surface area contributed by atoms with E-state index < -0.39 is 0 Å². The second-order valence-corrected chi connectivity index (χ2v) is 5.76. The van der Waals surface area contributed by atoms with Crippen LogP contribution in [0, 0.1) is 0 Å². The summed E-state index contributed by atoms with van der Waals surface area (Å²) < 4.78 is 0. The number of rotatable bonds is 4. The molecule has 5 heteroatoms. The SMILES string of the molecule is CCCN1c2cc(-c3cnc(CN)nc3)ccc2C=CCC1N. The molecule has 0 radical (unpaired) electrons. The molecule has 5 nitrogen and oxygen atoms in total. The third-order valence-corrected chi connectivity index (χ3v) is 4.10. The number of hydrogen-bond acceptors (Lipinski definition) is 5. The molecule has 0 aliphatic carbocycles. The molecule has 0 saturated carbocycles. The first kappa shape index (κ1) is 15.6. The Labute approximate surface area is 137 Å². The first-order valence-electron chi connectivity index (χ1n) is 8.07. The van der Waals surface area contributed by atoms with Crippen molar-refractivity contribution in [2.75, 3.05) is 11.4 Å². The van der Waals surface area contributed by atoms with Crippen molar-refractivity contribution in [3.05, 3.63) is 48.1 Å². The molecule has 1 aromatic carbocycles. The van der Waals surface area contributed by atoms with Crippen LogP contribution in [0.15, 0.2) is 36.7 Å². The molecule has 120 valence electrons. The highest BCUT2D eigenvalue weighted by Crippen LogP contribution is 2.32. The van der Waals surface area contributed by atoms with E-state index >= 15 is 0 Å². The van der Waals surface area contributed by atoms with E-state index in [1.54, 1.807) is 0 Å². The summed E-state index contributed by atoms with van der Waals surface area (Å²) in [4.78, 5) is 10.9. The fourth-order valence-corrected chi connectivity index (χ4v) is 2.89. The predicted octanol–water partition coefficient (Wildman–Crippen LogP) is 2.52. The number of benzene rings is 1. The topological polar surface area (TPSA) is 81.1 Å². The normalized spacial score (nSPS) is 17.0. The van der Waals surface area contributed by atoms with Crippen LogP contribution in [-0.2, 0) is 6.54 Å². The van der Waals surface area contributed by atoms with Crippen molar-refractivity contribution in [3.8, 4) is 11.1 Å². The quantitative estimate of drug-likeness (QED) is 0.907. The summed E-state index contributed by atoms with van der Waals surface area (Å²) in [6.07, 6.45) is 9.89. The number of anilines is 1. The number of nitrogens with two attached hydrogens (primary N) is 2. The predicted molar refractivity (Wildman–Crippen MR) is 94.6 cm³/mol. The van der Waals surface area contributed by atoms with Crippen LogP contribution in [0.3, 0.4) is 0 Å². The lowest BCUT2D eigenvalue weighted by Crippen LogP contribution is -2.42. The molecular formula is C18H23N5. The molecule has 0 saturated heterocycles. The van der Waals surface area contributed by atoms with Gasteiger partial charge >= 0.3 is 0 Å². The number of aromatic nitrogens is 2. The Kier molecular flexibility index (Phi) is 4.69. The fraction of sp³-hybridized carbons (Fsp3) is 0.333. The summed E-state index contributed by atoms with van der Waals surface area (Å²) in [5.41, 5.74) is 16.4. The number of hydrogen-bond donors (Lipinski definition) is 2. The fourth-order valence-electron chi connectivity index (χ4n) is 2.89. The summed E-state index contributed by atoms with van der Waals surface area (Å²) in [5.74, 6) is 0.654. The van der Waals surface area contributed by atoms with Crippen molar-refractivity contribution in [3.63, 3.8) is 0 Å². The number of nitrogens with zero attached hydrogens (tertiary/aromatic N) is 3. The van der Waals surface area contributed by atoms with Crippen molar-refractivity contribution in [2.24, 2.45) is 11.5 Å². The van der Waals surface area contributed by atoms with Crippen molar-refractivity contribution < 1.29 is 0 Å². The van der Waals surface area contributed by atoms with Gasteiger partial charge in [0.1, 0.15) is 5.82 Å². The van der Waals surface area contributed by atoms with E-state index in [0.29, 0.717) is 12.4 Å². The molecule has 0 amide bonds. The molecule has 1 atom stereocenters. The third kappa shape index (κ3) is 3.25. The maximum atomic E-state index is 6.34. The lowest BCUT2D eigenvalue weighted by atomic mass is 10.0. The van der Waals surface area contributed by atoms with E-state index in [2.05, 4.69) is 52.1 Å². The van der Waals surface area contributed by atoms with Crippen LogP contribution in [0.4, 0.5) is 5.69 Å². The lowest BCUT2D eigenvalue weighted by molar-refractivity contribution is 0.613. The molecule has 0 fully saturated rings. The highest BCUT2D eigenvalue weighted by Gasteiger charge is 2.19. The van der Waals surface area contributed by atoms with Gasteiger partial charge in [-0.05, 0) is 30.0 Å². The first-order valence-corrected chi connectivity index (χ1v) is 8.07. The van der Waals surface area contributed by atoms with Gasteiger partial charge in [0.15, 0.2) is 0 Å². The molecule has 4 N–H and O–H groups in total. The molecule has 1 aliphatic rings. The van der Waals surface area contributed by atoms with E-state index in [-0.39, 0.29) is 6.17 Å². The monoisotopic (exact) mass is 309 g/mol. The second-order valence-electron chi connectivity index (χ2n) is 5.76. The Balaban J connectivity index is 2.01. The van der Waals surface area contributed by atoms with Crippen LogP contribution in [-0.4, -0.2) is 22.7 Å². The highest BCUT2D eigenvalue weighted by molar-refractivity contribution is 5.76. The maximum Gasteiger partial charge on any atom is 0.141 e. The Morgan fingerprint density at radius 2 is 2.00 bits per heavy atom. The van der Waals surface area contributed by atoms with Crippen molar-refractivity contribution in [1.82, 2.24) is 9.97 Å². The van der Waals surface area contributed by atoms with Gasteiger partial charge in [-0.2, -0.15) is 0 Å². The zero-order valence-electron chi connectivity index (χ0n) is 13.4. The Morgan fingerprint density at radius 3 is 2.70 bits per heavy atom. The van der Waals surface area contributed by atoms with Crippen molar-refractivity contribution in [1.29, 1.82) is 0 Å². The molecule has 0 bridgehead atoms. The van der Waals surface area contributed by atoms with Gasteiger partial charge in [0, 0.05) is 30.2 Å². The molecular weight excluding hydrogens is 286 g/mol. The molecule has 23 heavy (non-hydrogen) atoms. The summed E-state index contributed by atoms with van der Waals surface area (Å²) in [5, 5.41) is 0.